The number of rotatable bonds is 10. The highest BCUT2D eigenvalue weighted by Crippen LogP contribution is 2.33. The topological polar surface area (TPSA) is 19.9 Å². The molecule has 0 N–H and O–H groups in total. The molecule has 123 valence electrons. The molecule has 0 aliphatic carbocycles. The van der Waals surface area contributed by atoms with E-state index in [9.17, 15) is 5.21 Å². The van der Waals surface area contributed by atoms with Gasteiger partial charge in [-0.2, -0.15) is 0 Å². The molecular formula is C21H29NO+. The van der Waals surface area contributed by atoms with Crippen molar-refractivity contribution in [3.8, 4) is 0 Å². The molecule has 0 bridgehead atoms. The van der Waals surface area contributed by atoms with Crippen LogP contribution in [0.3, 0.4) is 0 Å². The van der Waals surface area contributed by atoms with Gasteiger partial charge in [0.1, 0.15) is 6.54 Å². The Hall–Kier alpha value is -1.64. The summed E-state index contributed by atoms with van der Waals surface area (Å²) in [5.74, 6) is 0. The Bertz CT molecular complexity index is 499. The maximum absolute atomic E-state index is 13.6. The van der Waals surface area contributed by atoms with Gasteiger partial charge in [-0.05, 0) is 6.42 Å². The standard InChI is InChI=1S/C21H29NO/c1-2-3-4-5-6-7-14-19-22(23,20-15-10-8-11-16-20)21-17-12-9-13-18-21/h8-13,15-18H,2-7,14,19H2,1H3/q+1. The van der Waals surface area contributed by atoms with Crippen LogP contribution in [0.5, 0.6) is 0 Å². The van der Waals surface area contributed by atoms with E-state index in [1.54, 1.807) is 0 Å². The van der Waals surface area contributed by atoms with E-state index in [1.165, 1.54) is 32.1 Å². The second-order valence-electron chi connectivity index (χ2n) is 6.26. The molecule has 0 aromatic heterocycles. The Morgan fingerprint density at radius 1 is 0.652 bits per heavy atom. The molecule has 1 radical (unpaired) electrons. The van der Waals surface area contributed by atoms with Crippen molar-refractivity contribution >= 4 is 11.4 Å². The third-order valence-corrected chi connectivity index (χ3v) is 4.42. The molecule has 0 fully saturated rings. The first kappa shape index (κ1) is 17.7. The molecule has 0 aliphatic heterocycles. The maximum atomic E-state index is 13.6. The average Bonchev–Trinajstić information content (AvgIpc) is 2.62. The van der Waals surface area contributed by atoms with Gasteiger partial charge in [0.25, 0.3) is 0 Å². The molecule has 0 amide bonds. The van der Waals surface area contributed by atoms with Crippen LogP contribution in [0.4, 0.5) is 11.4 Å². The number of nitrogens with zero attached hydrogens (tertiary/aromatic N) is 1. The van der Waals surface area contributed by atoms with Crippen LogP contribution >= 0.6 is 0 Å². The molecule has 0 heterocycles. The van der Waals surface area contributed by atoms with E-state index in [-0.39, 0.29) is 4.65 Å². The summed E-state index contributed by atoms with van der Waals surface area (Å²) in [7, 11) is 0. The van der Waals surface area contributed by atoms with Crippen molar-refractivity contribution in [1.29, 1.82) is 0 Å². The third kappa shape index (κ3) is 5.19. The Morgan fingerprint density at radius 3 is 1.57 bits per heavy atom. The van der Waals surface area contributed by atoms with E-state index >= 15 is 0 Å². The molecule has 0 atom stereocenters. The van der Waals surface area contributed by atoms with Crippen LogP contribution in [0.1, 0.15) is 51.9 Å². The van der Waals surface area contributed by atoms with Crippen LogP contribution in [0.2, 0.25) is 0 Å². The highest BCUT2D eigenvalue weighted by atomic mass is 16.5. The van der Waals surface area contributed by atoms with Gasteiger partial charge in [0.05, 0.1) is 0 Å². The summed E-state index contributed by atoms with van der Waals surface area (Å²) >= 11 is 0. The molecule has 2 aromatic rings. The molecule has 2 heteroatoms. The average molecular weight is 311 g/mol. The van der Waals surface area contributed by atoms with E-state index < -0.39 is 0 Å². The van der Waals surface area contributed by atoms with E-state index in [2.05, 4.69) is 6.92 Å². The highest BCUT2D eigenvalue weighted by Gasteiger charge is 2.33. The predicted octanol–water partition coefficient (Wildman–Crippen LogP) is 6.42. The van der Waals surface area contributed by atoms with Crippen molar-refractivity contribution in [2.45, 2.75) is 51.9 Å². The van der Waals surface area contributed by atoms with Gasteiger partial charge in [0.15, 0.2) is 11.4 Å². The number of benzene rings is 2. The van der Waals surface area contributed by atoms with Gasteiger partial charge in [0, 0.05) is 35.9 Å². The van der Waals surface area contributed by atoms with Gasteiger partial charge < -0.3 is 0 Å². The summed E-state index contributed by atoms with van der Waals surface area (Å²) in [6, 6.07) is 19.5. The normalized spacial score (nSPS) is 11.6. The fraction of sp³-hybridized carbons (Fsp3) is 0.429. The van der Waals surface area contributed by atoms with Gasteiger partial charge >= 0.3 is 0 Å². The Kier molecular flexibility index (Phi) is 7.31. The summed E-state index contributed by atoms with van der Waals surface area (Å²) in [6.07, 6.45) is 8.58. The minimum atomic E-state index is -0.351. The molecule has 0 saturated heterocycles. The summed E-state index contributed by atoms with van der Waals surface area (Å²) in [4.78, 5) is 0. The Labute approximate surface area is 140 Å². The minimum absolute atomic E-state index is 0.351. The number of hydrogen-bond donors (Lipinski definition) is 0. The zero-order valence-electron chi connectivity index (χ0n) is 14.3. The first-order chi connectivity index (χ1) is 11.3. The molecule has 2 rings (SSSR count). The van der Waals surface area contributed by atoms with E-state index in [1.807, 2.05) is 60.7 Å². The van der Waals surface area contributed by atoms with Crippen LogP contribution in [0.15, 0.2) is 60.7 Å². The molecular weight excluding hydrogens is 282 g/mol. The smallest absolute Gasteiger partial charge is 0.0775 e. The predicted molar refractivity (Wildman–Crippen MR) is 97.9 cm³/mol. The maximum Gasteiger partial charge on any atom is 0.173 e. The van der Waals surface area contributed by atoms with Crippen LogP contribution in [0.25, 0.3) is 0 Å². The summed E-state index contributed by atoms with van der Waals surface area (Å²) in [5, 5.41) is 13.6. The van der Waals surface area contributed by atoms with Crippen molar-refractivity contribution in [3.05, 3.63) is 60.7 Å². The lowest BCUT2D eigenvalue weighted by molar-refractivity contribution is -0.0957. The van der Waals surface area contributed by atoms with Gasteiger partial charge in [-0.1, -0.05) is 80.1 Å². The van der Waals surface area contributed by atoms with Crippen LogP contribution in [-0.4, -0.2) is 6.54 Å². The lowest BCUT2D eigenvalue weighted by Gasteiger charge is -2.25. The Morgan fingerprint density at radius 2 is 1.09 bits per heavy atom. The van der Waals surface area contributed by atoms with Gasteiger partial charge in [-0.15, -0.1) is 0 Å². The fourth-order valence-corrected chi connectivity index (χ4v) is 3.04. The van der Waals surface area contributed by atoms with Crippen LogP contribution in [0, 0.1) is 0 Å². The van der Waals surface area contributed by atoms with E-state index in [4.69, 9.17) is 0 Å². The quantitative estimate of drug-likeness (QED) is 0.274. The zero-order valence-corrected chi connectivity index (χ0v) is 14.3. The summed E-state index contributed by atoms with van der Waals surface area (Å²) in [5.41, 5.74) is 1.65. The first-order valence-corrected chi connectivity index (χ1v) is 8.97. The highest BCUT2D eigenvalue weighted by molar-refractivity contribution is 5.55. The number of hydrogen-bond acceptors (Lipinski definition) is 0. The van der Waals surface area contributed by atoms with Crippen molar-refractivity contribution in [2.75, 3.05) is 6.54 Å². The second-order valence-corrected chi connectivity index (χ2v) is 6.26. The molecule has 0 aliphatic rings. The number of unbranched alkanes of at least 4 members (excludes halogenated alkanes) is 6. The summed E-state index contributed by atoms with van der Waals surface area (Å²) in [6.45, 7) is 2.85. The second kappa shape index (κ2) is 9.49. The van der Waals surface area contributed by atoms with Crippen molar-refractivity contribution in [2.24, 2.45) is 0 Å². The molecule has 23 heavy (non-hydrogen) atoms. The number of para-hydroxylation sites is 2. The SMILES string of the molecule is CCCCCCCCC[N+]([O])(c1ccccc1)c1ccccc1. The van der Waals surface area contributed by atoms with E-state index in [0.717, 1.165) is 24.2 Å². The zero-order chi connectivity index (χ0) is 16.4. The van der Waals surface area contributed by atoms with Crippen LogP contribution in [-0.2, 0) is 5.21 Å². The van der Waals surface area contributed by atoms with Crippen LogP contribution < -0.4 is 4.65 Å². The van der Waals surface area contributed by atoms with Crippen molar-refractivity contribution in [1.82, 2.24) is 4.65 Å². The monoisotopic (exact) mass is 311 g/mol. The van der Waals surface area contributed by atoms with Crippen molar-refractivity contribution < 1.29 is 5.21 Å². The Balaban J connectivity index is 1.98. The summed E-state index contributed by atoms with van der Waals surface area (Å²) < 4.78 is -0.351. The van der Waals surface area contributed by atoms with Gasteiger partial charge in [-0.3, -0.25) is 0 Å². The number of quaternary nitrogens is 1. The van der Waals surface area contributed by atoms with Crippen molar-refractivity contribution in [3.63, 3.8) is 0 Å². The molecule has 0 unspecified atom stereocenters. The fourth-order valence-electron chi connectivity index (χ4n) is 3.04. The largest absolute Gasteiger partial charge is 0.173 e. The van der Waals surface area contributed by atoms with E-state index in [0.29, 0.717) is 6.54 Å². The lowest BCUT2D eigenvalue weighted by Crippen LogP contribution is -2.39. The molecule has 0 spiro atoms. The van der Waals surface area contributed by atoms with Gasteiger partial charge in [0.2, 0.25) is 0 Å². The first-order valence-electron chi connectivity index (χ1n) is 8.97. The van der Waals surface area contributed by atoms with Gasteiger partial charge in [-0.25, -0.2) is 0 Å². The lowest BCUT2D eigenvalue weighted by atomic mass is 10.1. The molecule has 0 saturated carbocycles. The number of hydroxylamine groups is 1. The minimum Gasteiger partial charge on any atom is -0.0775 e. The molecule has 2 nitrogen and oxygen atoms in total. The third-order valence-electron chi connectivity index (χ3n) is 4.42. The molecule has 2 aromatic carbocycles.